The van der Waals surface area contributed by atoms with Crippen molar-refractivity contribution in [2.75, 3.05) is 46.4 Å². The number of hydrogen-bond acceptors (Lipinski definition) is 5. The molecule has 1 amide bonds. The molecule has 0 radical (unpaired) electrons. The number of nitrogens with zero attached hydrogens (tertiary/aromatic N) is 2. The third-order valence-corrected chi connectivity index (χ3v) is 4.71. The van der Waals surface area contributed by atoms with Gasteiger partial charge in [0.05, 0.1) is 25.8 Å². The van der Waals surface area contributed by atoms with Crippen molar-refractivity contribution in [3.8, 4) is 5.75 Å². The lowest BCUT2D eigenvalue weighted by molar-refractivity contribution is -0.127. The molecule has 0 spiro atoms. The summed E-state index contributed by atoms with van der Waals surface area (Å²) in [6.07, 6.45) is 0. The minimum atomic E-state index is -0.168. The summed E-state index contributed by atoms with van der Waals surface area (Å²) in [5.74, 6) is 0.819. The number of β-amino-alcohol motifs (C(OH)–C–C–N with tert-alkyl or cyclic N) is 1. The first-order chi connectivity index (χ1) is 11.6. The molecule has 6 heteroatoms. The Labute approximate surface area is 144 Å². The number of amides is 1. The number of carbonyl (C=O) groups excluding carboxylic acids is 1. The van der Waals surface area contributed by atoms with Crippen LogP contribution in [0.5, 0.6) is 5.75 Å². The van der Waals surface area contributed by atoms with E-state index in [0.717, 1.165) is 37.5 Å². The van der Waals surface area contributed by atoms with Gasteiger partial charge in [0.15, 0.2) is 0 Å². The summed E-state index contributed by atoms with van der Waals surface area (Å²) in [6.45, 7) is 8.29. The SMILES string of the molecule is COc1ccccc1[C@H](C)NC(=O)[C@@H](C)N1CCN(CCO)CC1. The van der Waals surface area contributed by atoms with Crippen LogP contribution in [-0.2, 0) is 4.79 Å². The third-order valence-electron chi connectivity index (χ3n) is 4.71. The first kappa shape index (κ1) is 18.7. The molecule has 1 aromatic carbocycles. The Morgan fingerprint density at radius 1 is 1.25 bits per heavy atom. The van der Waals surface area contributed by atoms with Crippen molar-refractivity contribution in [2.24, 2.45) is 0 Å². The molecule has 6 nitrogen and oxygen atoms in total. The number of benzene rings is 1. The Balaban J connectivity index is 1.89. The van der Waals surface area contributed by atoms with E-state index in [4.69, 9.17) is 9.84 Å². The molecule has 2 atom stereocenters. The largest absolute Gasteiger partial charge is 0.496 e. The fourth-order valence-corrected chi connectivity index (χ4v) is 3.12. The van der Waals surface area contributed by atoms with E-state index in [2.05, 4.69) is 15.1 Å². The molecule has 1 saturated heterocycles. The summed E-state index contributed by atoms with van der Waals surface area (Å²) in [7, 11) is 1.64. The highest BCUT2D eigenvalue weighted by molar-refractivity contribution is 5.81. The van der Waals surface area contributed by atoms with Crippen LogP contribution in [0.15, 0.2) is 24.3 Å². The van der Waals surface area contributed by atoms with Gasteiger partial charge in [0.2, 0.25) is 5.91 Å². The molecule has 2 N–H and O–H groups in total. The maximum Gasteiger partial charge on any atom is 0.237 e. The summed E-state index contributed by atoms with van der Waals surface area (Å²) in [5, 5.41) is 12.1. The number of piperazine rings is 1. The molecule has 1 fully saturated rings. The summed E-state index contributed by atoms with van der Waals surface area (Å²) in [4.78, 5) is 17.0. The van der Waals surface area contributed by atoms with Crippen molar-refractivity contribution in [1.29, 1.82) is 0 Å². The van der Waals surface area contributed by atoms with Gasteiger partial charge >= 0.3 is 0 Å². The van der Waals surface area contributed by atoms with Gasteiger partial charge in [-0.2, -0.15) is 0 Å². The van der Waals surface area contributed by atoms with E-state index in [9.17, 15) is 4.79 Å². The second kappa shape index (κ2) is 9.01. The maximum atomic E-state index is 12.6. The molecular weight excluding hydrogens is 306 g/mol. The van der Waals surface area contributed by atoms with Crippen LogP contribution in [0.3, 0.4) is 0 Å². The van der Waals surface area contributed by atoms with Gasteiger partial charge in [-0.05, 0) is 19.9 Å². The number of ether oxygens (including phenoxy) is 1. The third kappa shape index (κ3) is 4.69. The fraction of sp³-hybridized carbons (Fsp3) is 0.611. The zero-order valence-corrected chi connectivity index (χ0v) is 14.9. The molecule has 0 saturated carbocycles. The first-order valence-electron chi connectivity index (χ1n) is 8.57. The second-order valence-corrected chi connectivity index (χ2v) is 6.25. The highest BCUT2D eigenvalue weighted by Gasteiger charge is 2.26. The van der Waals surface area contributed by atoms with E-state index in [-0.39, 0.29) is 24.6 Å². The zero-order chi connectivity index (χ0) is 17.5. The molecule has 134 valence electrons. The first-order valence-corrected chi connectivity index (χ1v) is 8.57. The molecule has 2 rings (SSSR count). The average molecular weight is 335 g/mol. The molecule has 1 aromatic rings. The highest BCUT2D eigenvalue weighted by Crippen LogP contribution is 2.24. The van der Waals surface area contributed by atoms with E-state index < -0.39 is 0 Å². The minimum absolute atomic E-state index is 0.0315. The number of nitrogens with one attached hydrogen (secondary N) is 1. The molecule has 0 unspecified atom stereocenters. The van der Waals surface area contributed by atoms with Crippen LogP contribution in [0.4, 0.5) is 0 Å². The fourth-order valence-electron chi connectivity index (χ4n) is 3.12. The van der Waals surface area contributed by atoms with Crippen molar-refractivity contribution in [2.45, 2.75) is 25.9 Å². The summed E-state index contributed by atoms with van der Waals surface area (Å²) >= 11 is 0. The second-order valence-electron chi connectivity index (χ2n) is 6.25. The van der Waals surface area contributed by atoms with Gasteiger partial charge in [-0.1, -0.05) is 18.2 Å². The number of para-hydroxylation sites is 1. The van der Waals surface area contributed by atoms with Crippen LogP contribution in [0, 0.1) is 0 Å². The number of aliphatic hydroxyl groups is 1. The van der Waals surface area contributed by atoms with Gasteiger partial charge < -0.3 is 15.2 Å². The Bertz CT molecular complexity index is 530. The van der Waals surface area contributed by atoms with Crippen LogP contribution < -0.4 is 10.1 Å². The topological polar surface area (TPSA) is 65.0 Å². The maximum absolute atomic E-state index is 12.6. The molecule has 24 heavy (non-hydrogen) atoms. The van der Waals surface area contributed by atoms with Crippen LogP contribution in [0.1, 0.15) is 25.5 Å². The normalized spacial score (nSPS) is 18.8. The Morgan fingerprint density at radius 3 is 2.54 bits per heavy atom. The smallest absolute Gasteiger partial charge is 0.237 e. The number of methoxy groups -OCH3 is 1. The molecule has 1 aliphatic heterocycles. The lowest BCUT2D eigenvalue weighted by atomic mass is 10.1. The Hall–Kier alpha value is -1.63. The predicted molar refractivity (Wildman–Crippen MR) is 94.1 cm³/mol. The molecule has 0 bridgehead atoms. The van der Waals surface area contributed by atoms with E-state index >= 15 is 0 Å². The van der Waals surface area contributed by atoms with Gasteiger partial charge in [-0.15, -0.1) is 0 Å². The van der Waals surface area contributed by atoms with Gasteiger partial charge in [0, 0.05) is 38.3 Å². The van der Waals surface area contributed by atoms with Crippen molar-refractivity contribution >= 4 is 5.91 Å². The monoisotopic (exact) mass is 335 g/mol. The Kier molecular flexibility index (Phi) is 7.02. The highest BCUT2D eigenvalue weighted by atomic mass is 16.5. The van der Waals surface area contributed by atoms with Crippen LogP contribution in [-0.4, -0.2) is 73.3 Å². The van der Waals surface area contributed by atoms with Crippen molar-refractivity contribution < 1.29 is 14.6 Å². The standard InChI is InChI=1S/C18H29N3O3/c1-14(16-6-4-5-7-17(16)24-3)19-18(23)15(2)21-10-8-20(9-11-21)12-13-22/h4-7,14-15,22H,8-13H2,1-3H3,(H,19,23)/t14-,15+/m0/s1. The lowest BCUT2D eigenvalue weighted by Crippen LogP contribution is -2.54. The zero-order valence-electron chi connectivity index (χ0n) is 14.9. The average Bonchev–Trinajstić information content (AvgIpc) is 2.61. The number of aliphatic hydroxyl groups excluding tert-OH is 1. The van der Waals surface area contributed by atoms with Crippen LogP contribution in [0.25, 0.3) is 0 Å². The van der Waals surface area contributed by atoms with Gasteiger partial charge in [-0.3, -0.25) is 14.6 Å². The summed E-state index contributed by atoms with van der Waals surface area (Å²) in [5.41, 5.74) is 0.980. The van der Waals surface area contributed by atoms with E-state index in [1.165, 1.54) is 0 Å². The summed E-state index contributed by atoms with van der Waals surface area (Å²) < 4.78 is 5.37. The quantitative estimate of drug-likeness (QED) is 0.774. The number of hydrogen-bond donors (Lipinski definition) is 2. The van der Waals surface area contributed by atoms with Crippen LogP contribution >= 0.6 is 0 Å². The molecule has 0 aromatic heterocycles. The predicted octanol–water partition coefficient (Wildman–Crippen LogP) is 0.871. The van der Waals surface area contributed by atoms with Crippen molar-refractivity contribution in [3.63, 3.8) is 0 Å². The van der Waals surface area contributed by atoms with Gasteiger partial charge in [0.1, 0.15) is 5.75 Å². The lowest BCUT2D eigenvalue weighted by Gasteiger charge is -2.37. The van der Waals surface area contributed by atoms with E-state index in [0.29, 0.717) is 6.54 Å². The minimum Gasteiger partial charge on any atom is -0.496 e. The molecular formula is C18H29N3O3. The Morgan fingerprint density at radius 2 is 1.92 bits per heavy atom. The summed E-state index contributed by atoms with van der Waals surface area (Å²) in [6, 6.07) is 7.48. The van der Waals surface area contributed by atoms with Crippen molar-refractivity contribution in [1.82, 2.24) is 15.1 Å². The molecule has 1 aliphatic rings. The number of rotatable bonds is 7. The van der Waals surface area contributed by atoms with E-state index in [1.807, 2.05) is 38.1 Å². The van der Waals surface area contributed by atoms with Crippen molar-refractivity contribution in [3.05, 3.63) is 29.8 Å². The number of carbonyl (C=O) groups is 1. The van der Waals surface area contributed by atoms with E-state index in [1.54, 1.807) is 7.11 Å². The van der Waals surface area contributed by atoms with Gasteiger partial charge in [0.25, 0.3) is 0 Å². The van der Waals surface area contributed by atoms with Gasteiger partial charge in [-0.25, -0.2) is 0 Å². The molecule has 0 aliphatic carbocycles. The molecule has 1 heterocycles. The van der Waals surface area contributed by atoms with Crippen LogP contribution in [0.2, 0.25) is 0 Å².